The second-order valence-corrected chi connectivity index (χ2v) is 9.19. The summed E-state index contributed by atoms with van der Waals surface area (Å²) in [6.45, 7) is 1.29. The molecule has 3 aliphatic heterocycles. The minimum Gasteiger partial charge on any atom is -0.480 e. The van der Waals surface area contributed by atoms with E-state index in [4.69, 9.17) is 21.7 Å². The second kappa shape index (κ2) is 8.38. The number of para-hydroxylation sites is 1. The van der Waals surface area contributed by atoms with Gasteiger partial charge in [0, 0.05) is 12.2 Å². The molecule has 3 aliphatic rings. The SMILES string of the molecule is O=C1/C(=C/C2=Cc3ccccc3O[C@H]2c2ccccc2)SC(=S)N1C[C@H]1CCCO1. The highest BCUT2D eigenvalue weighted by molar-refractivity contribution is 8.26. The van der Waals surface area contributed by atoms with Crippen molar-refractivity contribution in [2.24, 2.45) is 0 Å². The van der Waals surface area contributed by atoms with Crippen molar-refractivity contribution in [1.82, 2.24) is 4.90 Å². The number of amides is 1. The van der Waals surface area contributed by atoms with Gasteiger partial charge in [-0.1, -0.05) is 72.5 Å². The van der Waals surface area contributed by atoms with Gasteiger partial charge in [-0.25, -0.2) is 0 Å². The van der Waals surface area contributed by atoms with Gasteiger partial charge in [0.1, 0.15) is 16.2 Å². The molecule has 1 amide bonds. The number of hydrogen-bond acceptors (Lipinski definition) is 5. The van der Waals surface area contributed by atoms with E-state index in [0.29, 0.717) is 15.8 Å². The number of thiocarbonyl (C=S) groups is 1. The van der Waals surface area contributed by atoms with E-state index in [1.54, 1.807) is 4.90 Å². The zero-order valence-corrected chi connectivity index (χ0v) is 18.0. The Labute approximate surface area is 185 Å². The number of fused-ring (bicyclic) bond motifs is 1. The van der Waals surface area contributed by atoms with Gasteiger partial charge in [-0.3, -0.25) is 9.69 Å². The van der Waals surface area contributed by atoms with Crippen molar-refractivity contribution in [2.45, 2.75) is 25.0 Å². The van der Waals surface area contributed by atoms with Crippen molar-refractivity contribution in [2.75, 3.05) is 13.2 Å². The molecule has 0 spiro atoms. The molecule has 0 N–H and O–H groups in total. The van der Waals surface area contributed by atoms with Gasteiger partial charge in [0.2, 0.25) is 0 Å². The summed E-state index contributed by atoms with van der Waals surface area (Å²) in [6.07, 6.45) is 5.85. The highest BCUT2D eigenvalue weighted by Gasteiger charge is 2.35. The van der Waals surface area contributed by atoms with E-state index in [0.717, 1.165) is 41.9 Å². The summed E-state index contributed by atoms with van der Waals surface area (Å²) in [7, 11) is 0. The van der Waals surface area contributed by atoms with Crippen molar-refractivity contribution in [3.05, 3.63) is 82.3 Å². The summed E-state index contributed by atoms with van der Waals surface area (Å²) >= 11 is 6.86. The predicted molar refractivity (Wildman–Crippen MR) is 123 cm³/mol. The minimum atomic E-state index is -0.275. The number of rotatable bonds is 4. The molecule has 0 aromatic heterocycles. The lowest BCUT2D eigenvalue weighted by atomic mass is 9.95. The molecule has 3 heterocycles. The van der Waals surface area contributed by atoms with Crippen LogP contribution >= 0.6 is 24.0 Å². The molecule has 0 aliphatic carbocycles. The molecular formula is C24H21NO3S2. The Kier molecular flexibility index (Phi) is 5.46. The van der Waals surface area contributed by atoms with Crippen LogP contribution in [0.25, 0.3) is 6.08 Å². The lowest BCUT2D eigenvalue weighted by Gasteiger charge is -2.26. The van der Waals surface area contributed by atoms with Crippen LogP contribution in [0.15, 0.2) is 71.2 Å². The van der Waals surface area contributed by atoms with Crippen molar-refractivity contribution in [3.63, 3.8) is 0 Å². The topological polar surface area (TPSA) is 38.8 Å². The maximum Gasteiger partial charge on any atom is 0.266 e. The Morgan fingerprint density at radius 3 is 2.73 bits per heavy atom. The average molecular weight is 436 g/mol. The van der Waals surface area contributed by atoms with Crippen LogP contribution in [0.5, 0.6) is 5.75 Å². The van der Waals surface area contributed by atoms with Gasteiger partial charge < -0.3 is 9.47 Å². The quantitative estimate of drug-likeness (QED) is 0.492. The van der Waals surface area contributed by atoms with E-state index < -0.39 is 0 Å². The van der Waals surface area contributed by atoms with Crippen LogP contribution in [0.2, 0.25) is 0 Å². The van der Waals surface area contributed by atoms with E-state index in [1.165, 1.54) is 11.8 Å². The fourth-order valence-electron chi connectivity index (χ4n) is 3.96. The maximum atomic E-state index is 13.1. The third-order valence-corrected chi connectivity index (χ3v) is 6.85. The summed E-state index contributed by atoms with van der Waals surface area (Å²) in [6, 6.07) is 18.0. The Bertz CT molecular complexity index is 1040. The third kappa shape index (κ3) is 3.83. The van der Waals surface area contributed by atoms with E-state index in [1.807, 2.05) is 60.7 Å². The van der Waals surface area contributed by atoms with Gasteiger partial charge in [0.15, 0.2) is 0 Å². The second-order valence-electron chi connectivity index (χ2n) is 7.52. The third-order valence-electron chi connectivity index (χ3n) is 5.47. The van der Waals surface area contributed by atoms with Gasteiger partial charge in [-0.2, -0.15) is 0 Å². The zero-order chi connectivity index (χ0) is 20.5. The minimum absolute atomic E-state index is 0.0490. The Morgan fingerprint density at radius 1 is 1.13 bits per heavy atom. The molecule has 5 rings (SSSR count). The normalized spacial score (nSPS) is 24.7. The van der Waals surface area contributed by atoms with E-state index in [-0.39, 0.29) is 18.1 Å². The number of carbonyl (C=O) groups is 1. The van der Waals surface area contributed by atoms with Gasteiger partial charge in [0.05, 0.1) is 17.6 Å². The largest absolute Gasteiger partial charge is 0.480 e. The first-order chi connectivity index (χ1) is 14.7. The summed E-state index contributed by atoms with van der Waals surface area (Å²) < 4.78 is 12.6. The first-order valence-electron chi connectivity index (χ1n) is 10.1. The highest BCUT2D eigenvalue weighted by Crippen LogP contribution is 2.41. The van der Waals surface area contributed by atoms with Gasteiger partial charge in [0.25, 0.3) is 5.91 Å². The van der Waals surface area contributed by atoms with Crippen LogP contribution in [-0.4, -0.2) is 34.4 Å². The van der Waals surface area contributed by atoms with Crippen LogP contribution in [0.1, 0.15) is 30.1 Å². The number of ether oxygens (including phenoxy) is 2. The molecule has 0 saturated carbocycles. The number of benzene rings is 2. The molecule has 2 atom stereocenters. The van der Waals surface area contributed by atoms with Gasteiger partial charge in [-0.05, 0) is 42.2 Å². The monoisotopic (exact) mass is 435 g/mol. The molecule has 152 valence electrons. The molecule has 0 unspecified atom stereocenters. The average Bonchev–Trinajstić information content (AvgIpc) is 3.38. The molecule has 4 nitrogen and oxygen atoms in total. The van der Waals surface area contributed by atoms with Crippen LogP contribution in [0.3, 0.4) is 0 Å². The fraction of sp³-hybridized carbons (Fsp3) is 0.250. The van der Waals surface area contributed by atoms with Crippen molar-refractivity contribution in [1.29, 1.82) is 0 Å². The van der Waals surface area contributed by atoms with Crippen LogP contribution < -0.4 is 4.74 Å². The molecule has 2 aromatic carbocycles. The highest BCUT2D eigenvalue weighted by atomic mass is 32.2. The number of carbonyl (C=O) groups excluding carboxylic acids is 1. The first-order valence-corrected chi connectivity index (χ1v) is 11.3. The number of hydrogen-bond donors (Lipinski definition) is 0. The van der Waals surface area contributed by atoms with Crippen LogP contribution in [0.4, 0.5) is 0 Å². The van der Waals surface area contributed by atoms with E-state index in [2.05, 4.69) is 6.08 Å². The van der Waals surface area contributed by atoms with E-state index in [9.17, 15) is 4.79 Å². The fourth-order valence-corrected chi connectivity index (χ4v) is 5.24. The summed E-state index contributed by atoms with van der Waals surface area (Å²) in [4.78, 5) is 15.4. The standard InChI is InChI=1S/C24H21NO3S2/c26-23-21(30-24(29)25(23)15-19-10-6-12-27-19)14-18-13-17-9-4-5-11-20(17)28-22(18)16-7-2-1-3-8-16/h1-5,7-9,11,13-14,19,22H,6,10,12,15H2/b21-14-/t19-,22+/m1/s1. The molecule has 2 saturated heterocycles. The Hall–Kier alpha value is -2.41. The number of thioether (sulfide) groups is 1. The van der Waals surface area contributed by atoms with Crippen LogP contribution in [0, 0.1) is 0 Å². The van der Waals surface area contributed by atoms with Crippen molar-refractivity contribution < 1.29 is 14.3 Å². The molecule has 0 radical (unpaired) electrons. The zero-order valence-electron chi connectivity index (χ0n) is 16.3. The van der Waals surface area contributed by atoms with E-state index >= 15 is 0 Å². The summed E-state index contributed by atoms with van der Waals surface area (Å²) in [5, 5.41) is 0. The van der Waals surface area contributed by atoms with Crippen LogP contribution in [-0.2, 0) is 9.53 Å². The van der Waals surface area contributed by atoms with Gasteiger partial charge >= 0.3 is 0 Å². The molecule has 0 bridgehead atoms. The molecule has 2 fully saturated rings. The smallest absolute Gasteiger partial charge is 0.266 e. The molecule has 6 heteroatoms. The Balaban J connectivity index is 1.47. The lowest BCUT2D eigenvalue weighted by Crippen LogP contribution is -2.35. The van der Waals surface area contributed by atoms with Crippen molar-refractivity contribution in [3.8, 4) is 5.75 Å². The molecule has 30 heavy (non-hydrogen) atoms. The first kappa shape index (κ1) is 19.5. The van der Waals surface area contributed by atoms with Gasteiger partial charge in [-0.15, -0.1) is 0 Å². The summed E-state index contributed by atoms with van der Waals surface area (Å²) in [5.74, 6) is 0.793. The molecule has 2 aromatic rings. The maximum absolute atomic E-state index is 13.1. The Morgan fingerprint density at radius 2 is 1.93 bits per heavy atom. The molecular weight excluding hydrogens is 414 g/mol. The lowest BCUT2D eigenvalue weighted by molar-refractivity contribution is -0.123. The summed E-state index contributed by atoms with van der Waals surface area (Å²) in [5.41, 5.74) is 2.99. The predicted octanol–water partition coefficient (Wildman–Crippen LogP) is 5.13. The van der Waals surface area contributed by atoms with Crippen molar-refractivity contribution >= 4 is 40.3 Å². The number of nitrogens with zero attached hydrogens (tertiary/aromatic N) is 1.